The maximum atomic E-state index is 12.9. The first-order chi connectivity index (χ1) is 15.7. The van der Waals surface area contributed by atoms with E-state index >= 15 is 0 Å². The Morgan fingerprint density at radius 1 is 0.625 bits per heavy atom. The molecule has 32 heavy (non-hydrogen) atoms. The van der Waals surface area contributed by atoms with Crippen molar-refractivity contribution >= 4 is 27.5 Å². The number of carbonyl (C=O) groups is 1. The predicted octanol–water partition coefficient (Wildman–Crippen LogP) is 6.82. The second kappa shape index (κ2) is 8.56. The summed E-state index contributed by atoms with van der Waals surface area (Å²) in [5.41, 5.74) is 2.70. The Bertz CT molecular complexity index is 1420. The van der Waals surface area contributed by atoms with Gasteiger partial charge in [0.1, 0.15) is 11.5 Å². The molecule has 0 saturated heterocycles. The third-order valence-corrected chi connectivity index (χ3v) is 5.67. The molecule has 0 heterocycles. The van der Waals surface area contributed by atoms with Crippen LogP contribution in [0.1, 0.15) is 5.56 Å². The van der Waals surface area contributed by atoms with Crippen LogP contribution in [0.15, 0.2) is 103 Å². The Kier molecular flexibility index (Phi) is 5.30. The van der Waals surface area contributed by atoms with Gasteiger partial charge in [-0.25, -0.2) is 0 Å². The van der Waals surface area contributed by atoms with Crippen LogP contribution in [0.4, 0.5) is 0 Å². The highest BCUT2D eigenvalue weighted by atomic mass is 16.5. The molecule has 3 heteroatoms. The molecule has 0 unspecified atom stereocenters. The SMILES string of the molecule is COc1ccc2ccccc2c1-c1c(OC(=O)Cc2ccccc2)ccc2ccccc12. The molecule has 0 saturated carbocycles. The highest BCUT2D eigenvalue weighted by Gasteiger charge is 2.20. The molecule has 0 aliphatic heterocycles. The van der Waals surface area contributed by atoms with Crippen molar-refractivity contribution in [3.8, 4) is 22.6 Å². The van der Waals surface area contributed by atoms with Gasteiger partial charge in [0.05, 0.1) is 13.5 Å². The van der Waals surface area contributed by atoms with Crippen LogP contribution in [0.25, 0.3) is 32.7 Å². The molecule has 5 aromatic rings. The first kappa shape index (κ1) is 19.8. The van der Waals surface area contributed by atoms with Crippen LogP contribution in [0.5, 0.6) is 11.5 Å². The number of methoxy groups -OCH3 is 1. The molecule has 0 radical (unpaired) electrons. The standard InChI is InChI=1S/C29H22O3/c1-31-25-17-15-21-11-5-7-13-23(21)28(25)29-24-14-8-6-12-22(24)16-18-26(29)32-27(30)19-20-9-3-2-4-10-20/h2-18H,19H2,1H3. The lowest BCUT2D eigenvalue weighted by Crippen LogP contribution is -2.12. The summed E-state index contributed by atoms with van der Waals surface area (Å²) in [5.74, 6) is 0.964. The van der Waals surface area contributed by atoms with Crippen molar-refractivity contribution in [2.45, 2.75) is 6.42 Å². The molecule has 0 atom stereocenters. The Hall–Kier alpha value is -4.11. The summed E-state index contributed by atoms with van der Waals surface area (Å²) in [4.78, 5) is 12.9. The van der Waals surface area contributed by atoms with Gasteiger partial charge in [-0.1, -0.05) is 91.0 Å². The minimum atomic E-state index is -0.299. The third-order valence-electron chi connectivity index (χ3n) is 5.67. The minimum Gasteiger partial charge on any atom is -0.496 e. The van der Waals surface area contributed by atoms with E-state index in [4.69, 9.17) is 9.47 Å². The van der Waals surface area contributed by atoms with Crippen LogP contribution in [-0.4, -0.2) is 13.1 Å². The van der Waals surface area contributed by atoms with Crippen molar-refractivity contribution in [3.05, 3.63) is 109 Å². The maximum absolute atomic E-state index is 12.9. The average molecular weight is 418 g/mol. The summed E-state index contributed by atoms with van der Waals surface area (Å²) < 4.78 is 11.7. The Morgan fingerprint density at radius 2 is 1.16 bits per heavy atom. The van der Waals surface area contributed by atoms with Gasteiger partial charge in [0, 0.05) is 11.1 Å². The monoisotopic (exact) mass is 418 g/mol. The first-order valence-electron chi connectivity index (χ1n) is 10.6. The molecule has 0 spiro atoms. The van der Waals surface area contributed by atoms with E-state index in [2.05, 4.69) is 24.3 Å². The second-order valence-corrected chi connectivity index (χ2v) is 7.66. The summed E-state index contributed by atoms with van der Waals surface area (Å²) >= 11 is 0. The fraction of sp³-hybridized carbons (Fsp3) is 0.0690. The summed E-state index contributed by atoms with van der Waals surface area (Å²) in [6.45, 7) is 0. The van der Waals surface area contributed by atoms with Gasteiger partial charge in [-0.3, -0.25) is 4.79 Å². The highest BCUT2D eigenvalue weighted by molar-refractivity contribution is 6.10. The number of hydrogen-bond acceptors (Lipinski definition) is 3. The van der Waals surface area contributed by atoms with Gasteiger partial charge < -0.3 is 9.47 Å². The predicted molar refractivity (Wildman–Crippen MR) is 129 cm³/mol. The highest BCUT2D eigenvalue weighted by Crippen LogP contribution is 2.45. The van der Waals surface area contributed by atoms with Crippen LogP contribution >= 0.6 is 0 Å². The molecular weight excluding hydrogens is 396 g/mol. The van der Waals surface area contributed by atoms with Gasteiger partial charge in [-0.15, -0.1) is 0 Å². The van der Waals surface area contributed by atoms with E-state index in [1.165, 1.54) is 0 Å². The van der Waals surface area contributed by atoms with E-state index in [0.717, 1.165) is 44.0 Å². The zero-order chi connectivity index (χ0) is 21.9. The molecule has 0 aliphatic rings. The van der Waals surface area contributed by atoms with Gasteiger partial charge in [0.15, 0.2) is 0 Å². The largest absolute Gasteiger partial charge is 0.496 e. The number of benzene rings is 5. The van der Waals surface area contributed by atoms with Crippen LogP contribution in [0.3, 0.4) is 0 Å². The van der Waals surface area contributed by atoms with Gasteiger partial charge >= 0.3 is 5.97 Å². The van der Waals surface area contributed by atoms with Crippen molar-refractivity contribution in [1.82, 2.24) is 0 Å². The lowest BCUT2D eigenvalue weighted by atomic mass is 9.92. The lowest BCUT2D eigenvalue weighted by Gasteiger charge is -2.18. The molecular formula is C29H22O3. The van der Waals surface area contributed by atoms with Crippen molar-refractivity contribution in [3.63, 3.8) is 0 Å². The van der Waals surface area contributed by atoms with Crippen molar-refractivity contribution < 1.29 is 14.3 Å². The number of ether oxygens (including phenoxy) is 2. The summed E-state index contributed by atoms with van der Waals surface area (Å²) in [5, 5.41) is 4.22. The zero-order valence-electron chi connectivity index (χ0n) is 17.7. The number of fused-ring (bicyclic) bond motifs is 2. The van der Waals surface area contributed by atoms with E-state index < -0.39 is 0 Å². The lowest BCUT2D eigenvalue weighted by molar-refractivity contribution is -0.133. The van der Waals surface area contributed by atoms with E-state index in [-0.39, 0.29) is 12.4 Å². The fourth-order valence-electron chi connectivity index (χ4n) is 4.20. The van der Waals surface area contributed by atoms with Crippen LogP contribution in [0.2, 0.25) is 0 Å². The van der Waals surface area contributed by atoms with Crippen LogP contribution in [0, 0.1) is 0 Å². The van der Waals surface area contributed by atoms with Crippen LogP contribution in [-0.2, 0) is 11.2 Å². The number of carbonyl (C=O) groups excluding carboxylic acids is 1. The summed E-state index contributed by atoms with van der Waals surface area (Å²) in [6.07, 6.45) is 0.208. The van der Waals surface area contributed by atoms with Gasteiger partial charge in [-0.05, 0) is 39.2 Å². The molecule has 0 aromatic heterocycles. The normalized spacial score (nSPS) is 10.9. The molecule has 3 nitrogen and oxygen atoms in total. The smallest absolute Gasteiger partial charge is 0.315 e. The number of esters is 1. The summed E-state index contributed by atoms with van der Waals surface area (Å²) in [7, 11) is 1.67. The molecule has 0 aliphatic carbocycles. The molecule has 0 N–H and O–H groups in total. The third kappa shape index (κ3) is 3.69. The Morgan fingerprint density at radius 3 is 1.78 bits per heavy atom. The molecule has 0 bridgehead atoms. The van der Waals surface area contributed by atoms with Crippen molar-refractivity contribution in [2.75, 3.05) is 7.11 Å². The quantitative estimate of drug-likeness (QED) is 0.232. The van der Waals surface area contributed by atoms with E-state index in [1.807, 2.05) is 78.9 Å². The van der Waals surface area contributed by atoms with E-state index in [9.17, 15) is 4.79 Å². The number of hydrogen-bond donors (Lipinski definition) is 0. The van der Waals surface area contributed by atoms with Crippen LogP contribution < -0.4 is 9.47 Å². The van der Waals surface area contributed by atoms with Gasteiger partial charge in [-0.2, -0.15) is 0 Å². The maximum Gasteiger partial charge on any atom is 0.315 e. The van der Waals surface area contributed by atoms with E-state index in [1.54, 1.807) is 7.11 Å². The Balaban J connectivity index is 1.71. The molecule has 5 aromatic carbocycles. The van der Waals surface area contributed by atoms with Crippen molar-refractivity contribution in [2.24, 2.45) is 0 Å². The Labute approximate surface area is 186 Å². The second-order valence-electron chi connectivity index (χ2n) is 7.66. The molecule has 0 amide bonds. The molecule has 0 fully saturated rings. The van der Waals surface area contributed by atoms with Crippen molar-refractivity contribution in [1.29, 1.82) is 0 Å². The minimum absolute atomic E-state index is 0.208. The van der Waals surface area contributed by atoms with Gasteiger partial charge in [0.2, 0.25) is 0 Å². The average Bonchev–Trinajstić information content (AvgIpc) is 2.84. The molecule has 5 rings (SSSR count). The molecule has 156 valence electrons. The number of rotatable bonds is 5. The fourth-order valence-corrected chi connectivity index (χ4v) is 4.20. The zero-order valence-corrected chi connectivity index (χ0v) is 17.7. The topological polar surface area (TPSA) is 35.5 Å². The summed E-state index contributed by atoms with van der Waals surface area (Å²) in [6, 6.07) is 33.8. The first-order valence-corrected chi connectivity index (χ1v) is 10.6. The van der Waals surface area contributed by atoms with E-state index in [0.29, 0.717) is 5.75 Å². The van der Waals surface area contributed by atoms with Gasteiger partial charge in [0.25, 0.3) is 0 Å².